The van der Waals surface area contributed by atoms with Crippen molar-refractivity contribution in [1.82, 2.24) is 29.7 Å². The molecule has 0 bridgehead atoms. The quantitative estimate of drug-likeness (QED) is 0.276. The molecule has 4 heterocycles. The van der Waals surface area contributed by atoms with Crippen molar-refractivity contribution in [2.75, 3.05) is 33.3 Å². The molecule has 1 N–H and O–H groups in total. The maximum absolute atomic E-state index is 15.1. The second-order valence-electron chi connectivity index (χ2n) is 11.8. The van der Waals surface area contributed by atoms with Gasteiger partial charge < -0.3 is 19.5 Å². The molecule has 2 saturated heterocycles. The third-order valence-corrected chi connectivity index (χ3v) is 8.86. The van der Waals surface area contributed by atoms with E-state index >= 15 is 4.39 Å². The predicted molar refractivity (Wildman–Crippen MR) is 170 cm³/mol. The first-order valence-electron chi connectivity index (χ1n) is 15.6. The number of likely N-dealkylation sites (tertiary alicyclic amines) is 2. The first kappa shape index (κ1) is 31.1. The molecule has 2 aromatic heterocycles. The molecule has 2 fully saturated rings. The van der Waals surface area contributed by atoms with Gasteiger partial charge in [0, 0.05) is 68.5 Å². The number of hydrogen-bond donors (Lipinski definition) is 1. The van der Waals surface area contributed by atoms with Crippen LogP contribution in [0.5, 0.6) is 5.75 Å². The number of amides is 2. The molecule has 2 unspecified atom stereocenters. The number of methoxy groups -OCH3 is 1. The van der Waals surface area contributed by atoms with Gasteiger partial charge in [-0.15, -0.1) is 0 Å². The van der Waals surface area contributed by atoms with Crippen LogP contribution in [0, 0.1) is 5.92 Å². The minimum absolute atomic E-state index is 0.0706. The molecule has 2 aromatic carbocycles. The number of Topliss-reactive ketones (excluding diaryl/α,β-unsaturated/α-hetero) is 1. The number of hydrogen-bond acceptors (Lipinski definition) is 7. The van der Waals surface area contributed by atoms with Gasteiger partial charge >= 0.3 is 0 Å². The highest BCUT2D eigenvalue weighted by Gasteiger charge is 2.31. The van der Waals surface area contributed by atoms with E-state index in [-0.39, 0.29) is 35.4 Å². The summed E-state index contributed by atoms with van der Waals surface area (Å²) in [4.78, 5) is 51.0. The summed E-state index contributed by atoms with van der Waals surface area (Å²) in [6.45, 7) is 2.40. The van der Waals surface area contributed by atoms with E-state index in [0.29, 0.717) is 56.8 Å². The molecular formula is C35H37FN6O4. The van der Waals surface area contributed by atoms with Gasteiger partial charge in [-0.1, -0.05) is 12.1 Å². The maximum Gasteiger partial charge on any atom is 0.272 e. The van der Waals surface area contributed by atoms with Crippen LogP contribution in [0.15, 0.2) is 85.6 Å². The Kier molecular flexibility index (Phi) is 9.49. The van der Waals surface area contributed by atoms with E-state index in [1.165, 1.54) is 12.3 Å². The summed E-state index contributed by atoms with van der Waals surface area (Å²) in [5, 5.41) is 2.82. The first-order chi connectivity index (χ1) is 22.4. The Hall–Kier alpha value is -4.90. The molecule has 0 radical (unpaired) electrons. The van der Waals surface area contributed by atoms with E-state index < -0.39 is 18.1 Å². The van der Waals surface area contributed by atoms with Crippen molar-refractivity contribution in [3.8, 4) is 11.4 Å². The largest absolute Gasteiger partial charge is 0.497 e. The van der Waals surface area contributed by atoms with E-state index in [9.17, 15) is 14.4 Å². The first-order valence-corrected chi connectivity index (χ1v) is 15.6. The lowest BCUT2D eigenvalue weighted by Crippen LogP contribution is -2.52. The van der Waals surface area contributed by atoms with Gasteiger partial charge in [-0.3, -0.25) is 24.3 Å². The van der Waals surface area contributed by atoms with Crippen LogP contribution in [0.1, 0.15) is 56.0 Å². The number of rotatable bonds is 9. The van der Waals surface area contributed by atoms with Crippen molar-refractivity contribution < 1.29 is 23.5 Å². The minimum Gasteiger partial charge on any atom is -0.497 e. The van der Waals surface area contributed by atoms with Crippen LogP contribution in [-0.2, 0) is 6.54 Å². The third kappa shape index (κ3) is 7.15. The molecule has 2 amide bonds. The Morgan fingerprint density at radius 1 is 0.935 bits per heavy atom. The highest BCUT2D eigenvalue weighted by atomic mass is 19.1. The number of alkyl halides is 1. The van der Waals surface area contributed by atoms with Gasteiger partial charge in [-0.2, -0.15) is 0 Å². The Morgan fingerprint density at radius 3 is 2.30 bits per heavy atom. The highest BCUT2D eigenvalue weighted by Crippen LogP contribution is 2.24. The number of pyridine rings is 1. The van der Waals surface area contributed by atoms with Crippen molar-refractivity contribution in [2.24, 2.45) is 5.92 Å². The second kappa shape index (κ2) is 14.0. The number of halogens is 1. The zero-order valence-corrected chi connectivity index (χ0v) is 25.7. The van der Waals surface area contributed by atoms with Crippen LogP contribution in [0.4, 0.5) is 4.39 Å². The number of carbonyl (C=O) groups is 3. The third-order valence-electron chi connectivity index (χ3n) is 8.86. The summed E-state index contributed by atoms with van der Waals surface area (Å²) in [5.74, 6) is -0.0413. The maximum atomic E-state index is 15.1. The standard InChI is InChI=1S/C35H37FN6O4/c1-46-29-9-4-25(5-10-29)33(43)26-12-17-41(18-13-26)35(45)32-11-6-27(20-38-32)34(44)39-31-14-16-40(22-30(31)36)21-24-2-7-28(8-3-24)42-19-15-37-23-42/h2-11,15,19-20,23,26,30-31H,12-14,16-18,21-22H2,1H3,(H,39,44). The van der Waals surface area contributed by atoms with Crippen LogP contribution in [0.3, 0.4) is 0 Å². The van der Waals surface area contributed by atoms with Crippen molar-refractivity contribution in [3.63, 3.8) is 0 Å². The molecule has 238 valence electrons. The lowest BCUT2D eigenvalue weighted by atomic mass is 9.88. The Morgan fingerprint density at radius 2 is 1.67 bits per heavy atom. The average molecular weight is 625 g/mol. The molecule has 2 aliphatic heterocycles. The lowest BCUT2D eigenvalue weighted by Gasteiger charge is -2.35. The number of carbonyl (C=O) groups excluding carboxylic acids is 3. The second-order valence-corrected chi connectivity index (χ2v) is 11.8. The Bertz CT molecular complexity index is 1640. The normalized spacial score (nSPS) is 19.0. The molecule has 6 rings (SSSR count). The monoisotopic (exact) mass is 624 g/mol. The minimum atomic E-state index is -1.21. The lowest BCUT2D eigenvalue weighted by molar-refractivity contribution is 0.0645. The van der Waals surface area contributed by atoms with Crippen molar-refractivity contribution in [1.29, 1.82) is 0 Å². The smallest absolute Gasteiger partial charge is 0.272 e. The molecule has 0 spiro atoms. The zero-order chi connectivity index (χ0) is 32.0. The molecule has 4 aromatic rings. The van der Waals surface area contributed by atoms with Gasteiger partial charge in [0.15, 0.2) is 5.78 Å². The summed E-state index contributed by atoms with van der Waals surface area (Å²) >= 11 is 0. The van der Waals surface area contributed by atoms with Gasteiger partial charge in [-0.05, 0) is 73.4 Å². The predicted octanol–water partition coefficient (Wildman–Crippen LogP) is 4.35. The van der Waals surface area contributed by atoms with Gasteiger partial charge in [0.05, 0.1) is 25.0 Å². The SMILES string of the molecule is COc1ccc(C(=O)C2CCN(C(=O)c3ccc(C(=O)NC4CCN(Cc5ccc(-n6ccnc6)cc5)CC4F)cn3)CC2)cc1. The summed E-state index contributed by atoms with van der Waals surface area (Å²) in [5.41, 5.74) is 3.24. The molecule has 46 heavy (non-hydrogen) atoms. The fourth-order valence-corrected chi connectivity index (χ4v) is 6.12. The van der Waals surface area contributed by atoms with Crippen LogP contribution in [0.2, 0.25) is 0 Å². The van der Waals surface area contributed by atoms with Crippen LogP contribution in [-0.4, -0.2) is 87.4 Å². The van der Waals surface area contributed by atoms with E-state index in [2.05, 4.69) is 20.2 Å². The Balaban J connectivity index is 0.957. The molecule has 2 aliphatic rings. The zero-order valence-electron chi connectivity index (χ0n) is 25.7. The Labute approximate surface area is 267 Å². The molecule has 11 heteroatoms. The number of ether oxygens (including phenoxy) is 1. The van der Waals surface area contributed by atoms with Crippen LogP contribution < -0.4 is 10.1 Å². The van der Waals surface area contributed by atoms with Gasteiger partial charge in [0.25, 0.3) is 11.8 Å². The van der Waals surface area contributed by atoms with Crippen molar-refractivity contribution in [2.45, 2.75) is 38.0 Å². The van der Waals surface area contributed by atoms with Gasteiger partial charge in [-0.25, -0.2) is 9.37 Å². The van der Waals surface area contributed by atoms with Crippen molar-refractivity contribution >= 4 is 17.6 Å². The summed E-state index contributed by atoms with van der Waals surface area (Å²) in [7, 11) is 1.58. The molecule has 0 saturated carbocycles. The summed E-state index contributed by atoms with van der Waals surface area (Å²) in [6, 6.07) is 17.6. The number of benzene rings is 2. The molecular weight excluding hydrogens is 587 g/mol. The van der Waals surface area contributed by atoms with Gasteiger partial charge in [0.2, 0.25) is 0 Å². The van der Waals surface area contributed by atoms with Gasteiger partial charge in [0.1, 0.15) is 17.6 Å². The number of piperidine rings is 2. The average Bonchev–Trinajstić information content (AvgIpc) is 3.65. The van der Waals surface area contributed by atoms with E-state index in [1.54, 1.807) is 54.9 Å². The number of imidazole rings is 1. The molecule has 10 nitrogen and oxygen atoms in total. The van der Waals surface area contributed by atoms with E-state index in [1.807, 2.05) is 35.0 Å². The molecule has 0 aliphatic carbocycles. The summed E-state index contributed by atoms with van der Waals surface area (Å²) in [6.07, 6.45) is 7.13. The topological polar surface area (TPSA) is 110 Å². The van der Waals surface area contributed by atoms with Crippen LogP contribution >= 0.6 is 0 Å². The number of ketones is 1. The number of aromatic nitrogens is 3. The van der Waals surface area contributed by atoms with E-state index in [4.69, 9.17) is 4.74 Å². The van der Waals surface area contributed by atoms with Crippen LogP contribution in [0.25, 0.3) is 5.69 Å². The summed E-state index contributed by atoms with van der Waals surface area (Å²) < 4.78 is 22.2. The van der Waals surface area contributed by atoms with E-state index in [0.717, 1.165) is 11.3 Å². The number of nitrogens with zero attached hydrogens (tertiary/aromatic N) is 5. The van der Waals surface area contributed by atoms with Crippen molar-refractivity contribution in [3.05, 3.63) is 108 Å². The fraction of sp³-hybridized carbons (Fsp3) is 0.343. The highest BCUT2D eigenvalue weighted by molar-refractivity contribution is 5.99. The molecule has 2 atom stereocenters. The fourth-order valence-electron chi connectivity index (χ4n) is 6.12. The number of nitrogens with one attached hydrogen (secondary N) is 1.